The van der Waals surface area contributed by atoms with Gasteiger partial charge in [0, 0.05) is 25.4 Å². The van der Waals surface area contributed by atoms with Crippen molar-refractivity contribution in [3.8, 4) is 0 Å². The van der Waals surface area contributed by atoms with E-state index in [0.717, 1.165) is 0 Å². The summed E-state index contributed by atoms with van der Waals surface area (Å²) in [5.41, 5.74) is 0.862. The number of ketones is 1. The van der Waals surface area contributed by atoms with Crippen LogP contribution >= 0.6 is 0 Å². The van der Waals surface area contributed by atoms with Gasteiger partial charge in [-0.25, -0.2) is 0 Å². The molecule has 0 aliphatic rings. The van der Waals surface area contributed by atoms with Crippen LogP contribution in [0.1, 0.15) is 34.2 Å². The monoisotopic (exact) mass is 252 g/mol. The molecule has 6 heteroatoms. The van der Waals surface area contributed by atoms with Crippen LogP contribution in [0.3, 0.4) is 0 Å². The molecule has 0 aliphatic heterocycles. The molecule has 1 amide bonds. The van der Waals surface area contributed by atoms with Crippen LogP contribution < -0.4 is 5.32 Å². The predicted octanol–water partition coefficient (Wildman–Crippen LogP) is 0.521. The summed E-state index contributed by atoms with van der Waals surface area (Å²) >= 11 is 0. The van der Waals surface area contributed by atoms with Crippen molar-refractivity contribution in [2.45, 2.75) is 13.3 Å². The largest absolute Gasteiger partial charge is 0.469 e. The first-order chi connectivity index (χ1) is 8.45. The van der Waals surface area contributed by atoms with E-state index in [1.54, 1.807) is 17.8 Å². The number of hydrogen-bond donors (Lipinski definition) is 1. The van der Waals surface area contributed by atoms with E-state index in [1.165, 1.54) is 20.1 Å². The first-order valence-electron chi connectivity index (χ1n) is 5.48. The van der Waals surface area contributed by atoms with Crippen LogP contribution in [0.15, 0.2) is 12.3 Å². The summed E-state index contributed by atoms with van der Waals surface area (Å²) in [6, 6.07) is 1.52. The topological polar surface area (TPSA) is 77.4 Å². The number of Topliss-reactive ketones (excluding diaryl/α,β-unsaturated/α-hetero) is 1. The van der Waals surface area contributed by atoms with Gasteiger partial charge < -0.3 is 14.6 Å². The highest BCUT2D eigenvalue weighted by Crippen LogP contribution is 2.07. The van der Waals surface area contributed by atoms with Crippen LogP contribution in [0.2, 0.25) is 0 Å². The molecule has 0 unspecified atom stereocenters. The van der Waals surface area contributed by atoms with Crippen molar-refractivity contribution in [2.24, 2.45) is 7.05 Å². The number of carbonyl (C=O) groups is 3. The molecule has 1 aromatic heterocycles. The van der Waals surface area contributed by atoms with E-state index in [2.05, 4.69) is 10.1 Å². The number of nitrogens with zero attached hydrogens (tertiary/aromatic N) is 1. The molecule has 0 aliphatic carbocycles. The Morgan fingerprint density at radius 1 is 1.39 bits per heavy atom. The number of methoxy groups -OCH3 is 1. The number of carbonyl (C=O) groups excluding carboxylic acids is 3. The van der Waals surface area contributed by atoms with Gasteiger partial charge in [0.1, 0.15) is 5.69 Å². The number of esters is 1. The fourth-order valence-corrected chi connectivity index (χ4v) is 1.45. The van der Waals surface area contributed by atoms with E-state index in [1.807, 2.05) is 0 Å². The zero-order valence-electron chi connectivity index (χ0n) is 10.6. The Morgan fingerprint density at radius 2 is 2.06 bits per heavy atom. The van der Waals surface area contributed by atoms with Gasteiger partial charge >= 0.3 is 5.97 Å². The molecule has 0 aromatic carbocycles. The number of nitrogens with one attached hydrogen (secondary N) is 1. The van der Waals surface area contributed by atoms with Crippen molar-refractivity contribution in [2.75, 3.05) is 13.7 Å². The van der Waals surface area contributed by atoms with E-state index in [4.69, 9.17) is 0 Å². The minimum atomic E-state index is -0.383. The average molecular weight is 252 g/mol. The van der Waals surface area contributed by atoms with E-state index in [9.17, 15) is 14.4 Å². The number of ether oxygens (including phenoxy) is 1. The molecule has 0 spiro atoms. The third-order valence-electron chi connectivity index (χ3n) is 2.49. The maximum Gasteiger partial charge on any atom is 0.307 e. The predicted molar refractivity (Wildman–Crippen MR) is 64.4 cm³/mol. The van der Waals surface area contributed by atoms with Crippen LogP contribution in [-0.4, -0.2) is 35.9 Å². The molecule has 18 heavy (non-hydrogen) atoms. The van der Waals surface area contributed by atoms with Gasteiger partial charge in [-0.2, -0.15) is 0 Å². The minimum Gasteiger partial charge on any atom is -0.469 e. The second kappa shape index (κ2) is 6.00. The minimum absolute atomic E-state index is 0.0980. The molecular weight excluding hydrogens is 236 g/mol. The van der Waals surface area contributed by atoms with Gasteiger partial charge in [0.25, 0.3) is 5.91 Å². The van der Waals surface area contributed by atoms with Gasteiger partial charge in [0.2, 0.25) is 0 Å². The summed E-state index contributed by atoms with van der Waals surface area (Å²) in [6.07, 6.45) is 1.71. The normalized spacial score (nSPS) is 9.94. The maximum absolute atomic E-state index is 11.8. The van der Waals surface area contributed by atoms with Gasteiger partial charge in [0.05, 0.1) is 13.5 Å². The second-order valence-electron chi connectivity index (χ2n) is 3.86. The molecule has 0 saturated carbocycles. The molecule has 1 aromatic rings. The summed E-state index contributed by atoms with van der Waals surface area (Å²) in [5.74, 6) is -0.806. The summed E-state index contributed by atoms with van der Waals surface area (Å²) < 4.78 is 6.03. The smallest absolute Gasteiger partial charge is 0.307 e. The summed E-state index contributed by atoms with van der Waals surface area (Å²) in [4.78, 5) is 33.8. The van der Waals surface area contributed by atoms with E-state index < -0.39 is 0 Å². The van der Waals surface area contributed by atoms with E-state index in [-0.39, 0.29) is 30.6 Å². The molecule has 1 N–H and O–H groups in total. The Labute approximate surface area is 105 Å². The summed E-state index contributed by atoms with van der Waals surface area (Å²) in [5, 5.41) is 2.59. The van der Waals surface area contributed by atoms with Gasteiger partial charge in [-0.15, -0.1) is 0 Å². The lowest BCUT2D eigenvalue weighted by Crippen LogP contribution is -2.27. The molecule has 1 rings (SSSR count). The molecule has 0 radical (unpaired) electrons. The number of amides is 1. The number of aryl methyl sites for hydroxylation is 1. The van der Waals surface area contributed by atoms with Crippen molar-refractivity contribution in [1.29, 1.82) is 0 Å². The lowest BCUT2D eigenvalue weighted by atomic mass is 10.2. The van der Waals surface area contributed by atoms with Crippen LogP contribution in [0.5, 0.6) is 0 Å². The third kappa shape index (κ3) is 3.44. The van der Waals surface area contributed by atoms with E-state index >= 15 is 0 Å². The van der Waals surface area contributed by atoms with E-state index in [0.29, 0.717) is 11.3 Å². The van der Waals surface area contributed by atoms with Crippen LogP contribution in [0.25, 0.3) is 0 Å². The van der Waals surface area contributed by atoms with Crippen LogP contribution in [0, 0.1) is 0 Å². The Balaban J connectivity index is 2.61. The summed E-state index contributed by atoms with van der Waals surface area (Å²) in [6.45, 7) is 1.64. The van der Waals surface area contributed by atoms with Crippen molar-refractivity contribution in [3.63, 3.8) is 0 Å². The molecule has 0 bridgehead atoms. The van der Waals surface area contributed by atoms with Crippen LogP contribution in [0.4, 0.5) is 0 Å². The van der Waals surface area contributed by atoms with Gasteiger partial charge in [-0.05, 0) is 13.0 Å². The SMILES string of the molecule is COC(=O)CCNC(=O)c1cc(C(C)=O)cn1C. The second-order valence-corrected chi connectivity index (χ2v) is 3.86. The summed E-state index contributed by atoms with van der Waals surface area (Å²) in [7, 11) is 2.97. The van der Waals surface area contributed by atoms with Crippen molar-refractivity contribution in [3.05, 3.63) is 23.5 Å². The number of aromatic nitrogens is 1. The van der Waals surface area contributed by atoms with Crippen LogP contribution in [-0.2, 0) is 16.6 Å². The Bertz CT molecular complexity index is 476. The van der Waals surface area contributed by atoms with Gasteiger partial charge in [-0.3, -0.25) is 14.4 Å². The molecular formula is C12H16N2O4. The van der Waals surface area contributed by atoms with Gasteiger partial charge in [0.15, 0.2) is 5.78 Å². The highest BCUT2D eigenvalue weighted by atomic mass is 16.5. The standard InChI is InChI=1S/C12H16N2O4/c1-8(15)9-6-10(14(2)7-9)12(17)13-5-4-11(16)18-3/h6-7H,4-5H2,1-3H3,(H,13,17). The highest BCUT2D eigenvalue weighted by molar-refractivity contribution is 5.99. The molecule has 0 saturated heterocycles. The lowest BCUT2D eigenvalue weighted by molar-refractivity contribution is -0.140. The highest BCUT2D eigenvalue weighted by Gasteiger charge is 2.13. The van der Waals surface area contributed by atoms with Crippen molar-refractivity contribution >= 4 is 17.7 Å². The molecule has 6 nitrogen and oxygen atoms in total. The fraction of sp³-hybridized carbons (Fsp3) is 0.417. The van der Waals surface area contributed by atoms with Crippen molar-refractivity contribution < 1.29 is 19.1 Å². The zero-order chi connectivity index (χ0) is 13.7. The first kappa shape index (κ1) is 14.0. The third-order valence-corrected chi connectivity index (χ3v) is 2.49. The van der Waals surface area contributed by atoms with Gasteiger partial charge in [-0.1, -0.05) is 0 Å². The average Bonchev–Trinajstić information content (AvgIpc) is 2.71. The number of hydrogen-bond acceptors (Lipinski definition) is 4. The van der Waals surface area contributed by atoms with Crippen molar-refractivity contribution in [1.82, 2.24) is 9.88 Å². The number of rotatable bonds is 5. The quantitative estimate of drug-likeness (QED) is 0.612. The maximum atomic E-state index is 11.8. The fourth-order valence-electron chi connectivity index (χ4n) is 1.45. The Morgan fingerprint density at radius 3 is 2.56 bits per heavy atom. The first-order valence-corrected chi connectivity index (χ1v) is 5.48. The zero-order valence-corrected chi connectivity index (χ0v) is 10.6. The molecule has 0 fully saturated rings. The molecule has 1 heterocycles. The molecule has 0 atom stereocenters. The Kier molecular flexibility index (Phi) is 4.65. The Hall–Kier alpha value is -2.11. The lowest BCUT2D eigenvalue weighted by Gasteiger charge is -2.04. The molecule has 98 valence electrons.